The van der Waals surface area contributed by atoms with E-state index in [0.717, 1.165) is 33.7 Å². The fraction of sp³-hybridized carbons (Fsp3) is 0.148. The van der Waals surface area contributed by atoms with Crippen molar-refractivity contribution in [2.45, 2.75) is 26.4 Å². The number of halogens is 2. The van der Waals surface area contributed by atoms with Gasteiger partial charge in [0.2, 0.25) is 0 Å². The molecule has 0 atom stereocenters. The first-order valence-corrected chi connectivity index (χ1v) is 11.5. The molecule has 166 valence electrons. The molecule has 5 rings (SSSR count). The molecule has 5 aromatic rings. The quantitative estimate of drug-likeness (QED) is 0.267. The number of fused-ring (bicyclic) bond motifs is 1. The summed E-state index contributed by atoms with van der Waals surface area (Å²) in [5.41, 5.74) is 5.51. The molecule has 0 bridgehead atoms. The van der Waals surface area contributed by atoms with Crippen molar-refractivity contribution in [2.24, 2.45) is 0 Å². The van der Waals surface area contributed by atoms with Gasteiger partial charge in [0.25, 0.3) is 0 Å². The molecule has 0 aliphatic carbocycles. The fourth-order valence-electron chi connectivity index (χ4n) is 3.96. The van der Waals surface area contributed by atoms with Crippen molar-refractivity contribution in [1.29, 1.82) is 0 Å². The Hall–Kier alpha value is -3.21. The minimum atomic E-state index is 0.136. The van der Waals surface area contributed by atoms with Crippen molar-refractivity contribution in [3.63, 3.8) is 0 Å². The lowest BCUT2D eigenvalue weighted by atomic mass is 10.0. The molecule has 0 unspecified atom stereocenters. The van der Waals surface area contributed by atoms with Crippen LogP contribution < -0.4 is 4.74 Å². The third-order valence-corrected chi connectivity index (χ3v) is 6.30. The number of nitrogens with zero attached hydrogens (tertiary/aromatic N) is 1. The second kappa shape index (κ2) is 8.97. The molecule has 0 amide bonds. The number of aromatic amines is 1. The topological polar surface area (TPSA) is 51.1 Å². The molecule has 1 N–H and O–H groups in total. The molecule has 0 aliphatic rings. The molecule has 4 nitrogen and oxygen atoms in total. The molecule has 0 fully saturated rings. The molecule has 0 aliphatic heterocycles. The Kier molecular flexibility index (Phi) is 5.88. The second-order valence-corrected chi connectivity index (χ2v) is 9.03. The normalized spacial score (nSPS) is 11.4. The number of rotatable bonds is 6. The molecule has 0 saturated carbocycles. The number of nitrogens with one attached hydrogen (secondary N) is 1. The zero-order valence-corrected chi connectivity index (χ0v) is 19.7. The summed E-state index contributed by atoms with van der Waals surface area (Å²) >= 11 is 12.9. The zero-order chi connectivity index (χ0) is 22.9. The maximum absolute atomic E-state index is 6.44. The van der Waals surface area contributed by atoms with Crippen LogP contribution in [0.15, 0.2) is 77.4 Å². The van der Waals surface area contributed by atoms with Gasteiger partial charge in [0, 0.05) is 23.2 Å². The number of aromatic nitrogens is 2. The third-order valence-electron chi connectivity index (χ3n) is 5.67. The van der Waals surface area contributed by atoms with E-state index in [2.05, 4.69) is 60.4 Å². The molecule has 2 heterocycles. The molecule has 33 heavy (non-hydrogen) atoms. The minimum Gasteiger partial charge on any atom is -0.489 e. The first-order chi connectivity index (χ1) is 16.0. The van der Waals surface area contributed by atoms with Gasteiger partial charge in [-0.05, 0) is 52.9 Å². The van der Waals surface area contributed by atoms with Gasteiger partial charge in [0.15, 0.2) is 0 Å². The van der Waals surface area contributed by atoms with Crippen LogP contribution in [0.5, 0.6) is 5.75 Å². The van der Waals surface area contributed by atoms with Crippen molar-refractivity contribution >= 4 is 34.1 Å². The smallest absolute Gasteiger partial charge is 0.146 e. The summed E-state index contributed by atoms with van der Waals surface area (Å²) in [5, 5.41) is 6.53. The average Bonchev–Trinajstić information content (AvgIpc) is 3.44. The standard InChI is InChI=1S/C27H22Cl2N2O2/c1-16(2)27-21(26(31-33-27)25-22(28)4-3-5-23(25)29)15-32-20-10-8-17(9-11-20)19-7-6-18-12-13-30-24(18)14-19/h3-14,16,30H,15H2,1-2H3. The second-order valence-electron chi connectivity index (χ2n) is 8.22. The fourth-order valence-corrected chi connectivity index (χ4v) is 4.54. The van der Waals surface area contributed by atoms with Crippen molar-refractivity contribution in [3.8, 4) is 28.1 Å². The van der Waals surface area contributed by atoms with E-state index < -0.39 is 0 Å². The van der Waals surface area contributed by atoms with Gasteiger partial charge in [-0.25, -0.2) is 0 Å². The Bertz CT molecular complexity index is 1400. The molecule has 0 spiro atoms. The Morgan fingerprint density at radius 2 is 1.67 bits per heavy atom. The van der Waals surface area contributed by atoms with Crippen molar-refractivity contribution < 1.29 is 9.26 Å². The zero-order valence-electron chi connectivity index (χ0n) is 18.2. The van der Waals surface area contributed by atoms with Crippen molar-refractivity contribution in [1.82, 2.24) is 10.1 Å². The van der Waals surface area contributed by atoms with E-state index in [1.807, 2.05) is 24.4 Å². The molecule has 3 aromatic carbocycles. The first kappa shape index (κ1) is 21.6. The predicted molar refractivity (Wildman–Crippen MR) is 134 cm³/mol. The molecule has 0 saturated heterocycles. The van der Waals surface area contributed by atoms with Crippen LogP contribution in [-0.4, -0.2) is 10.1 Å². The lowest BCUT2D eigenvalue weighted by Crippen LogP contribution is -2.01. The van der Waals surface area contributed by atoms with Crippen LogP contribution in [0, 0.1) is 0 Å². The monoisotopic (exact) mass is 476 g/mol. The maximum Gasteiger partial charge on any atom is 0.146 e. The lowest BCUT2D eigenvalue weighted by Gasteiger charge is -2.11. The van der Waals surface area contributed by atoms with E-state index in [9.17, 15) is 0 Å². The molecule has 0 radical (unpaired) electrons. The number of hydrogen-bond acceptors (Lipinski definition) is 3. The highest BCUT2D eigenvalue weighted by Gasteiger charge is 2.23. The van der Waals surface area contributed by atoms with Crippen LogP contribution in [-0.2, 0) is 6.61 Å². The summed E-state index contributed by atoms with van der Waals surface area (Å²) in [6, 6.07) is 21.9. The van der Waals surface area contributed by atoms with Gasteiger partial charge in [-0.15, -0.1) is 0 Å². The number of benzene rings is 3. The predicted octanol–water partition coefficient (Wildman–Crippen LogP) is 8.50. The van der Waals surface area contributed by atoms with Gasteiger partial charge in [0.05, 0.1) is 15.6 Å². The number of ether oxygens (including phenoxy) is 1. The van der Waals surface area contributed by atoms with Gasteiger partial charge in [-0.2, -0.15) is 0 Å². The van der Waals surface area contributed by atoms with E-state index in [-0.39, 0.29) is 5.92 Å². The Labute approximate surface area is 202 Å². The van der Waals surface area contributed by atoms with E-state index >= 15 is 0 Å². The molecule has 6 heteroatoms. The van der Waals surface area contributed by atoms with Gasteiger partial charge in [-0.1, -0.05) is 72.5 Å². The summed E-state index contributed by atoms with van der Waals surface area (Å²) in [5.74, 6) is 1.65. The van der Waals surface area contributed by atoms with Crippen LogP contribution in [0.25, 0.3) is 33.3 Å². The van der Waals surface area contributed by atoms with Crippen LogP contribution in [0.3, 0.4) is 0 Å². The van der Waals surface area contributed by atoms with Crippen molar-refractivity contribution in [2.75, 3.05) is 0 Å². The lowest BCUT2D eigenvalue weighted by molar-refractivity contribution is 0.298. The van der Waals surface area contributed by atoms with E-state index in [0.29, 0.717) is 27.9 Å². The van der Waals surface area contributed by atoms with Crippen LogP contribution >= 0.6 is 23.2 Å². The van der Waals surface area contributed by atoms with Gasteiger partial charge in [0.1, 0.15) is 23.8 Å². The van der Waals surface area contributed by atoms with Gasteiger partial charge in [-0.3, -0.25) is 0 Å². The number of H-pyrrole nitrogens is 1. The van der Waals surface area contributed by atoms with Crippen LogP contribution in [0.2, 0.25) is 10.0 Å². The summed E-state index contributed by atoms with van der Waals surface area (Å²) in [4.78, 5) is 3.26. The average molecular weight is 477 g/mol. The molecule has 2 aromatic heterocycles. The minimum absolute atomic E-state index is 0.136. The Balaban J connectivity index is 1.40. The molecular weight excluding hydrogens is 455 g/mol. The molecular formula is C27H22Cl2N2O2. The highest BCUT2D eigenvalue weighted by atomic mass is 35.5. The number of hydrogen-bond donors (Lipinski definition) is 1. The van der Waals surface area contributed by atoms with Crippen molar-refractivity contribution in [3.05, 3.63) is 94.3 Å². The largest absolute Gasteiger partial charge is 0.489 e. The van der Waals surface area contributed by atoms with Gasteiger partial charge >= 0.3 is 0 Å². The summed E-state index contributed by atoms with van der Waals surface area (Å²) < 4.78 is 11.8. The third kappa shape index (κ3) is 4.24. The summed E-state index contributed by atoms with van der Waals surface area (Å²) in [6.45, 7) is 4.40. The highest BCUT2D eigenvalue weighted by Crippen LogP contribution is 2.39. The van der Waals surface area contributed by atoms with Crippen LogP contribution in [0.4, 0.5) is 0 Å². The van der Waals surface area contributed by atoms with E-state index in [1.54, 1.807) is 12.1 Å². The summed E-state index contributed by atoms with van der Waals surface area (Å²) in [7, 11) is 0. The van der Waals surface area contributed by atoms with Gasteiger partial charge < -0.3 is 14.2 Å². The summed E-state index contributed by atoms with van der Waals surface area (Å²) in [6.07, 6.45) is 1.95. The Morgan fingerprint density at radius 1 is 0.939 bits per heavy atom. The SMILES string of the molecule is CC(C)c1onc(-c2c(Cl)cccc2Cl)c1COc1ccc(-c2ccc3cc[nH]c3c2)cc1. The van der Waals surface area contributed by atoms with E-state index in [1.165, 1.54) is 5.39 Å². The van der Waals surface area contributed by atoms with E-state index in [4.69, 9.17) is 32.5 Å². The van der Waals surface area contributed by atoms with Crippen LogP contribution in [0.1, 0.15) is 31.1 Å². The highest BCUT2D eigenvalue weighted by molar-refractivity contribution is 6.39. The Morgan fingerprint density at radius 3 is 2.39 bits per heavy atom. The first-order valence-electron chi connectivity index (χ1n) is 10.7. The maximum atomic E-state index is 6.44.